The van der Waals surface area contributed by atoms with Gasteiger partial charge in [-0.3, -0.25) is 0 Å². The zero-order valence-corrected chi connectivity index (χ0v) is 9.70. The lowest BCUT2D eigenvalue weighted by atomic mass is 10.5. The van der Waals surface area contributed by atoms with Crippen molar-refractivity contribution in [2.45, 2.75) is 18.2 Å². The maximum absolute atomic E-state index is 11.3. The highest BCUT2D eigenvalue weighted by atomic mass is 32.2. The molecule has 1 heterocycles. The van der Waals surface area contributed by atoms with Crippen LogP contribution >= 0.6 is 23.1 Å². The average molecular weight is 232 g/mol. The Bertz CT molecular complexity index is 325. The van der Waals surface area contributed by atoms with E-state index in [-0.39, 0.29) is 5.69 Å². The second kappa shape index (κ2) is 5.21. The molecule has 0 aliphatic carbocycles. The maximum Gasteiger partial charge on any atom is 0.360 e. The number of hydrogen-bond donors (Lipinski definition) is 1. The summed E-state index contributed by atoms with van der Waals surface area (Å²) in [6.45, 7) is 4.11. The molecule has 6 heteroatoms. The van der Waals surface area contributed by atoms with E-state index in [1.807, 2.05) is 6.92 Å². The third kappa shape index (κ3) is 2.62. The number of nitrogen functional groups attached to an aromatic ring is 1. The monoisotopic (exact) mass is 232 g/mol. The molecule has 14 heavy (non-hydrogen) atoms. The maximum atomic E-state index is 11.3. The molecule has 0 spiro atoms. The number of nitrogens with zero attached hydrogens (tertiary/aromatic N) is 1. The van der Waals surface area contributed by atoms with Crippen LogP contribution in [0, 0.1) is 0 Å². The molecule has 0 bridgehead atoms. The van der Waals surface area contributed by atoms with Gasteiger partial charge in [-0.05, 0) is 12.7 Å². The molecule has 0 amide bonds. The summed E-state index contributed by atoms with van der Waals surface area (Å²) in [4.78, 5) is 15.4. The third-order valence-electron chi connectivity index (χ3n) is 1.37. The molecule has 0 atom stereocenters. The summed E-state index contributed by atoms with van der Waals surface area (Å²) in [5, 5.41) is 0.430. The normalized spacial score (nSPS) is 10.1. The van der Waals surface area contributed by atoms with Gasteiger partial charge in [-0.25, -0.2) is 9.78 Å². The van der Waals surface area contributed by atoms with Crippen molar-refractivity contribution < 1.29 is 9.53 Å². The van der Waals surface area contributed by atoms with Crippen LogP contribution in [0.25, 0.3) is 0 Å². The van der Waals surface area contributed by atoms with Crippen molar-refractivity contribution in [3.05, 3.63) is 5.69 Å². The highest BCUT2D eigenvalue weighted by Gasteiger charge is 2.16. The molecule has 0 aliphatic rings. The van der Waals surface area contributed by atoms with E-state index in [0.29, 0.717) is 11.6 Å². The Morgan fingerprint density at radius 2 is 2.36 bits per heavy atom. The molecule has 1 rings (SSSR count). The van der Waals surface area contributed by atoms with Crippen molar-refractivity contribution in [3.8, 4) is 0 Å². The van der Waals surface area contributed by atoms with Crippen LogP contribution < -0.4 is 5.73 Å². The smallest absolute Gasteiger partial charge is 0.360 e. The van der Waals surface area contributed by atoms with E-state index in [0.717, 1.165) is 10.1 Å². The molecule has 0 saturated carbocycles. The summed E-state index contributed by atoms with van der Waals surface area (Å²) in [5.74, 6) is 0.471. The number of aromatic nitrogens is 1. The van der Waals surface area contributed by atoms with Crippen LogP contribution in [0.15, 0.2) is 4.34 Å². The van der Waals surface area contributed by atoms with Crippen LogP contribution in [-0.2, 0) is 4.74 Å². The van der Waals surface area contributed by atoms with Crippen molar-refractivity contribution in [1.29, 1.82) is 0 Å². The van der Waals surface area contributed by atoms with Crippen LogP contribution in [0.5, 0.6) is 0 Å². The molecule has 1 aromatic heterocycles. The fourth-order valence-electron chi connectivity index (χ4n) is 0.843. The van der Waals surface area contributed by atoms with Crippen molar-refractivity contribution in [3.63, 3.8) is 0 Å². The predicted octanol–water partition coefficient (Wildman–Crippen LogP) is 2.01. The van der Waals surface area contributed by atoms with E-state index in [1.165, 1.54) is 11.3 Å². The van der Waals surface area contributed by atoms with E-state index in [4.69, 9.17) is 10.5 Å². The number of carbonyl (C=O) groups excluding carboxylic acids is 1. The van der Waals surface area contributed by atoms with Crippen molar-refractivity contribution in [2.24, 2.45) is 0 Å². The van der Waals surface area contributed by atoms with Crippen LogP contribution in [0.3, 0.4) is 0 Å². The molecule has 0 saturated heterocycles. The molecule has 0 fully saturated rings. The van der Waals surface area contributed by atoms with Crippen LogP contribution in [0.1, 0.15) is 24.3 Å². The fraction of sp³-hybridized carbons (Fsp3) is 0.500. The molecular formula is C8H12N2O2S2. The van der Waals surface area contributed by atoms with Gasteiger partial charge in [0.2, 0.25) is 0 Å². The number of thioether (sulfide) groups is 1. The lowest BCUT2D eigenvalue weighted by Gasteiger charge is -1.97. The van der Waals surface area contributed by atoms with Crippen molar-refractivity contribution >= 4 is 34.1 Å². The number of rotatable bonds is 4. The second-order valence-corrected chi connectivity index (χ2v) is 4.89. The van der Waals surface area contributed by atoms with Crippen molar-refractivity contribution in [1.82, 2.24) is 4.98 Å². The highest BCUT2D eigenvalue weighted by molar-refractivity contribution is 8.01. The number of thiazole rings is 1. The number of anilines is 1. The minimum Gasteiger partial charge on any atom is -0.461 e. The van der Waals surface area contributed by atoms with E-state index in [2.05, 4.69) is 4.98 Å². The standard InChI is InChI=1S/C8H12N2O2S2/c1-3-12-7(11)5-6(9)14-8(10-5)13-4-2/h3-4,9H2,1-2H3. The first-order chi connectivity index (χ1) is 6.69. The first-order valence-electron chi connectivity index (χ1n) is 4.25. The summed E-state index contributed by atoms with van der Waals surface area (Å²) in [6, 6.07) is 0. The van der Waals surface area contributed by atoms with Gasteiger partial charge in [0.25, 0.3) is 0 Å². The quantitative estimate of drug-likeness (QED) is 0.635. The number of hydrogen-bond acceptors (Lipinski definition) is 6. The highest BCUT2D eigenvalue weighted by Crippen LogP contribution is 2.29. The fourth-order valence-corrected chi connectivity index (χ4v) is 2.65. The zero-order chi connectivity index (χ0) is 10.6. The van der Waals surface area contributed by atoms with Gasteiger partial charge in [0.05, 0.1) is 6.61 Å². The van der Waals surface area contributed by atoms with Crippen LogP contribution in [0.4, 0.5) is 5.00 Å². The summed E-state index contributed by atoms with van der Waals surface area (Å²) in [6.07, 6.45) is 0. The summed E-state index contributed by atoms with van der Waals surface area (Å²) in [5.41, 5.74) is 5.89. The Hall–Kier alpha value is -0.750. The Morgan fingerprint density at radius 1 is 1.64 bits per heavy atom. The number of nitrogens with two attached hydrogens (primary N) is 1. The van der Waals surface area contributed by atoms with Crippen molar-refractivity contribution in [2.75, 3.05) is 18.1 Å². The number of carbonyl (C=O) groups is 1. The largest absolute Gasteiger partial charge is 0.461 e. The van der Waals surface area contributed by atoms with E-state index in [9.17, 15) is 4.79 Å². The minimum absolute atomic E-state index is 0.243. The molecule has 2 N–H and O–H groups in total. The SMILES string of the molecule is CCOC(=O)c1nc(SCC)sc1N. The third-order valence-corrected chi connectivity index (χ3v) is 3.28. The van der Waals surface area contributed by atoms with E-state index in [1.54, 1.807) is 18.7 Å². The molecule has 0 radical (unpaired) electrons. The number of ether oxygens (including phenoxy) is 1. The van der Waals surface area contributed by atoms with Gasteiger partial charge >= 0.3 is 5.97 Å². The molecule has 78 valence electrons. The molecule has 0 aliphatic heterocycles. The lowest BCUT2D eigenvalue weighted by molar-refractivity contribution is 0.0521. The van der Waals surface area contributed by atoms with Gasteiger partial charge in [-0.15, -0.1) is 0 Å². The lowest BCUT2D eigenvalue weighted by Crippen LogP contribution is -2.07. The summed E-state index contributed by atoms with van der Waals surface area (Å²) >= 11 is 2.89. The van der Waals surface area contributed by atoms with Crippen LogP contribution in [-0.4, -0.2) is 23.3 Å². The Kier molecular flexibility index (Phi) is 4.21. The van der Waals surface area contributed by atoms with Gasteiger partial charge in [-0.1, -0.05) is 30.0 Å². The van der Waals surface area contributed by atoms with Gasteiger partial charge in [0.1, 0.15) is 5.00 Å². The topological polar surface area (TPSA) is 65.2 Å². The Labute approximate surface area is 90.9 Å². The zero-order valence-electron chi connectivity index (χ0n) is 8.07. The average Bonchev–Trinajstić information content (AvgIpc) is 2.48. The molecule has 4 nitrogen and oxygen atoms in total. The predicted molar refractivity (Wildman–Crippen MR) is 58.9 cm³/mol. The molecule has 0 unspecified atom stereocenters. The van der Waals surface area contributed by atoms with Gasteiger partial charge in [0, 0.05) is 0 Å². The molecule has 0 aromatic carbocycles. The summed E-state index contributed by atoms with van der Waals surface area (Å²) in [7, 11) is 0. The Morgan fingerprint density at radius 3 is 2.93 bits per heavy atom. The molecular weight excluding hydrogens is 220 g/mol. The summed E-state index contributed by atoms with van der Waals surface area (Å²) < 4.78 is 5.63. The Balaban J connectivity index is 2.81. The molecule has 1 aromatic rings. The van der Waals surface area contributed by atoms with Gasteiger partial charge < -0.3 is 10.5 Å². The van der Waals surface area contributed by atoms with E-state index < -0.39 is 5.97 Å². The van der Waals surface area contributed by atoms with Gasteiger partial charge in [0.15, 0.2) is 10.0 Å². The van der Waals surface area contributed by atoms with E-state index >= 15 is 0 Å². The first kappa shape index (κ1) is 11.3. The second-order valence-electron chi connectivity index (χ2n) is 2.35. The number of esters is 1. The minimum atomic E-state index is -0.441. The van der Waals surface area contributed by atoms with Crippen LogP contribution in [0.2, 0.25) is 0 Å². The van der Waals surface area contributed by atoms with Gasteiger partial charge in [-0.2, -0.15) is 0 Å². The first-order valence-corrected chi connectivity index (χ1v) is 6.05.